The maximum atomic E-state index is 11.6. The number of nitrogens with one attached hydrogen (secondary N) is 1. The van der Waals surface area contributed by atoms with Gasteiger partial charge in [0.15, 0.2) is 0 Å². The number of hydrogen-bond donors (Lipinski definition) is 2. The number of nitrogens with zero attached hydrogens (tertiary/aromatic N) is 1. The van der Waals surface area contributed by atoms with Crippen LogP contribution in [0.5, 0.6) is 0 Å². The number of esters is 1. The predicted molar refractivity (Wildman–Crippen MR) is 81.0 cm³/mol. The van der Waals surface area contributed by atoms with Gasteiger partial charge >= 0.3 is 5.97 Å². The van der Waals surface area contributed by atoms with E-state index >= 15 is 0 Å². The molecule has 3 N–H and O–H groups in total. The molecule has 0 spiro atoms. The van der Waals surface area contributed by atoms with E-state index in [-0.39, 0.29) is 0 Å². The van der Waals surface area contributed by atoms with Crippen molar-refractivity contribution < 1.29 is 9.53 Å². The van der Waals surface area contributed by atoms with Crippen LogP contribution in [0.3, 0.4) is 0 Å². The first-order chi connectivity index (χ1) is 9.70. The molecule has 0 aliphatic carbocycles. The second-order valence-corrected chi connectivity index (χ2v) is 5.12. The molecule has 1 heterocycles. The van der Waals surface area contributed by atoms with Crippen molar-refractivity contribution in [1.82, 2.24) is 4.90 Å². The van der Waals surface area contributed by atoms with Gasteiger partial charge < -0.3 is 20.7 Å². The van der Waals surface area contributed by atoms with Gasteiger partial charge in [-0.3, -0.25) is 0 Å². The van der Waals surface area contributed by atoms with E-state index in [1.165, 1.54) is 39.5 Å². The lowest BCUT2D eigenvalue weighted by atomic mass is 10.1. The number of hydrogen-bond acceptors (Lipinski definition) is 5. The number of nitrogens with two attached hydrogens (primary N) is 1. The third kappa shape index (κ3) is 3.87. The quantitative estimate of drug-likeness (QED) is 0.636. The fraction of sp³-hybridized carbons (Fsp3) is 0.533. The summed E-state index contributed by atoms with van der Waals surface area (Å²) in [5.41, 5.74) is 7.53. The van der Waals surface area contributed by atoms with Crippen molar-refractivity contribution in [2.24, 2.45) is 0 Å². The van der Waals surface area contributed by atoms with Gasteiger partial charge in [-0.25, -0.2) is 4.79 Å². The van der Waals surface area contributed by atoms with Crippen molar-refractivity contribution in [3.8, 4) is 0 Å². The summed E-state index contributed by atoms with van der Waals surface area (Å²) in [5, 5.41) is 3.33. The number of piperidine rings is 1. The molecule has 5 nitrogen and oxygen atoms in total. The van der Waals surface area contributed by atoms with Crippen LogP contribution in [0, 0.1) is 0 Å². The van der Waals surface area contributed by atoms with E-state index in [1.807, 2.05) is 6.07 Å². The Balaban J connectivity index is 1.87. The average molecular weight is 277 g/mol. The van der Waals surface area contributed by atoms with E-state index in [4.69, 9.17) is 10.5 Å². The second kappa shape index (κ2) is 7.14. The zero-order valence-corrected chi connectivity index (χ0v) is 12.0. The first-order valence-corrected chi connectivity index (χ1v) is 7.15. The number of nitrogen functional groups attached to an aromatic ring is 1. The van der Waals surface area contributed by atoms with E-state index in [2.05, 4.69) is 10.2 Å². The molecule has 0 amide bonds. The third-order valence-corrected chi connectivity index (χ3v) is 3.66. The molecule has 20 heavy (non-hydrogen) atoms. The highest BCUT2D eigenvalue weighted by Crippen LogP contribution is 2.18. The van der Waals surface area contributed by atoms with Gasteiger partial charge in [0.1, 0.15) is 0 Å². The van der Waals surface area contributed by atoms with Crippen molar-refractivity contribution in [2.75, 3.05) is 44.3 Å². The molecule has 0 unspecified atom stereocenters. The fourth-order valence-corrected chi connectivity index (χ4v) is 2.49. The zero-order valence-electron chi connectivity index (χ0n) is 12.0. The third-order valence-electron chi connectivity index (χ3n) is 3.66. The highest BCUT2D eigenvalue weighted by atomic mass is 16.5. The molecule has 1 saturated heterocycles. The molecule has 1 aliphatic rings. The van der Waals surface area contributed by atoms with Gasteiger partial charge in [0.2, 0.25) is 0 Å². The maximum Gasteiger partial charge on any atom is 0.340 e. The van der Waals surface area contributed by atoms with E-state index in [9.17, 15) is 4.79 Å². The van der Waals surface area contributed by atoms with Gasteiger partial charge in [-0.1, -0.05) is 6.42 Å². The van der Waals surface area contributed by atoms with Crippen molar-refractivity contribution in [1.29, 1.82) is 0 Å². The largest absolute Gasteiger partial charge is 0.465 e. The summed E-state index contributed by atoms with van der Waals surface area (Å²) in [6.07, 6.45) is 3.95. The van der Waals surface area contributed by atoms with E-state index in [0.29, 0.717) is 11.3 Å². The summed E-state index contributed by atoms with van der Waals surface area (Å²) >= 11 is 0. The summed E-state index contributed by atoms with van der Waals surface area (Å²) in [5.74, 6) is -0.401. The van der Waals surface area contributed by atoms with Crippen molar-refractivity contribution in [3.63, 3.8) is 0 Å². The first-order valence-electron chi connectivity index (χ1n) is 7.15. The van der Waals surface area contributed by atoms with Crippen LogP contribution < -0.4 is 11.1 Å². The van der Waals surface area contributed by atoms with Gasteiger partial charge in [-0.2, -0.15) is 0 Å². The SMILES string of the molecule is COC(=O)c1cc(NCCN2CCCCC2)ccc1N. The van der Waals surface area contributed by atoms with Gasteiger partial charge in [-0.05, 0) is 44.1 Å². The van der Waals surface area contributed by atoms with Crippen LogP contribution in [0.25, 0.3) is 0 Å². The van der Waals surface area contributed by atoms with E-state index in [0.717, 1.165) is 18.8 Å². The van der Waals surface area contributed by atoms with Crippen molar-refractivity contribution in [3.05, 3.63) is 23.8 Å². The Hall–Kier alpha value is -1.75. The lowest BCUT2D eigenvalue weighted by Gasteiger charge is -2.26. The Kier molecular flexibility index (Phi) is 5.24. The molecule has 0 bridgehead atoms. The standard InChI is InChI=1S/C15H23N3O2/c1-20-15(19)13-11-12(5-6-14(13)16)17-7-10-18-8-3-2-4-9-18/h5-6,11,17H,2-4,7-10,16H2,1H3. The lowest BCUT2D eigenvalue weighted by Crippen LogP contribution is -2.33. The zero-order chi connectivity index (χ0) is 14.4. The fourth-order valence-electron chi connectivity index (χ4n) is 2.49. The van der Waals surface area contributed by atoms with Crippen LogP contribution in [-0.4, -0.2) is 44.2 Å². The first kappa shape index (κ1) is 14.7. The number of carbonyl (C=O) groups excluding carboxylic acids is 1. The van der Waals surface area contributed by atoms with Crippen LogP contribution >= 0.6 is 0 Å². The Labute approximate surface area is 120 Å². The number of ether oxygens (including phenoxy) is 1. The highest BCUT2D eigenvalue weighted by Gasteiger charge is 2.11. The van der Waals surface area contributed by atoms with Crippen LogP contribution in [0.1, 0.15) is 29.6 Å². The van der Waals surface area contributed by atoms with Crippen LogP contribution in [0.2, 0.25) is 0 Å². The molecule has 5 heteroatoms. The minimum absolute atomic E-state index is 0.401. The number of anilines is 2. The molecular formula is C15H23N3O2. The van der Waals surface area contributed by atoms with Gasteiger partial charge in [-0.15, -0.1) is 0 Å². The average Bonchev–Trinajstić information content (AvgIpc) is 2.49. The molecule has 110 valence electrons. The second-order valence-electron chi connectivity index (χ2n) is 5.12. The summed E-state index contributed by atoms with van der Waals surface area (Å²) in [6, 6.07) is 5.37. The van der Waals surface area contributed by atoms with Gasteiger partial charge in [0.25, 0.3) is 0 Å². The van der Waals surface area contributed by atoms with Crippen LogP contribution in [0.4, 0.5) is 11.4 Å². The molecular weight excluding hydrogens is 254 g/mol. The van der Waals surface area contributed by atoms with Gasteiger partial charge in [0, 0.05) is 24.5 Å². The number of benzene rings is 1. The minimum atomic E-state index is -0.401. The van der Waals surface area contributed by atoms with E-state index in [1.54, 1.807) is 12.1 Å². The smallest absolute Gasteiger partial charge is 0.340 e. The summed E-state index contributed by atoms with van der Waals surface area (Å²) < 4.78 is 4.72. The van der Waals surface area contributed by atoms with Gasteiger partial charge in [0.05, 0.1) is 12.7 Å². The lowest BCUT2D eigenvalue weighted by molar-refractivity contribution is 0.0602. The number of carbonyl (C=O) groups is 1. The summed E-state index contributed by atoms with van der Waals surface area (Å²) in [4.78, 5) is 14.0. The normalized spacial score (nSPS) is 15.8. The molecule has 0 saturated carbocycles. The van der Waals surface area contributed by atoms with Crippen molar-refractivity contribution in [2.45, 2.75) is 19.3 Å². The molecule has 2 rings (SSSR count). The molecule has 1 aromatic rings. The molecule has 1 aliphatic heterocycles. The van der Waals surface area contributed by atoms with Crippen LogP contribution in [-0.2, 0) is 4.74 Å². The topological polar surface area (TPSA) is 67.6 Å². The Morgan fingerprint density at radius 3 is 2.80 bits per heavy atom. The predicted octanol–water partition coefficient (Wildman–Crippen LogP) is 1.95. The monoisotopic (exact) mass is 277 g/mol. The summed E-state index contributed by atoms with van der Waals surface area (Å²) in [6.45, 7) is 4.27. The Morgan fingerprint density at radius 1 is 1.35 bits per heavy atom. The number of methoxy groups -OCH3 is 1. The Bertz CT molecular complexity index is 456. The molecule has 0 radical (unpaired) electrons. The Morgan fingerprint density at radius 2 is 2.10 bits per heavy atom. The molecule has 1 aromatic carbocycles. The number of rotatable bonds is 5. The van der Waals surface area contributed by atoms with Crippen LogP contribution in [0.15, 0.2) is 18.2 Å². The van der Waals surface area contributed by atoms with E-state index < -0.39 is 5.97 Å². The highest BCUT2D eigenvalue weighted by molar-refractivity contribution is 5.96. The molecule has 0 atom stereocenters. The molecule has 1 fully saturated rings. The molecule has 0 aromatic heterocycles. The minimum Gasteiger partial charge on any atom is -0.465 e. The summed E-state index contributed by atoms with van der Waals surface area (Å²) in [7, 11) is 1.36. The number of likely N-dealkylation sites (tertiary alicyclic amines) is 1. The van der Waals surface area contributed by atoms with Crippen molar-refractivity contribution >= 4 is 17.3 Å². The maximum absolute atomic E-state index is 11.6.